The normalized spacial score (nSPS) is 12.0. The minimum absolute atomic E-state index is 0.916. The number of aliphatic imine (C=N–C) groups is 2. The second-order valence-corrected chi connectivity index (χ2v) is 5.80. The fraction of sp³-hybridized carbons (Fsp3) is 0.333. The summed E-state index contributed by atoms with van der Waals surface area (Å²) < 4.78 is 0. The molecule has 0 saturated carbocycles. The molecule has 0 spiro atoms. The Hall–Kier alpha value is -2.22. The monoisotopic (exact) mass is 306 g/mol. The van der Waals surface area contributed by atoms with Crippen LogP contribution in [0.3, 0.4) is 0 Å². The summed E-state index contributed by atoms with van der Waals surface area (Å²) in [7, 11) is 0. The SMILES string of the molecule is CCCc1ccc(N=C(C)C=Nc2ccccc2)cc1CCC. The summed E-state index contributed by atoms with van der Waals surface area (Å²) in [5.74, 6) is 0. The maximum Gasteiger partial charge on any atom is 0.0636 e. The van der Waals surface area contributed by atoms with Gasteiger partial charge in [-0.3, -0.25) is 9.98 Å². The number of rotatable bonds is 7. The Morgan fingerprint density at radius 3 is 2.26 bits per heavy atom. The average Bonchev–Trinajstić information content (AvgIpc) is 2.57. The van der Waals surface area contributed by atoms with Crippen LogP contribution < -0.4 is 0 Å². The minimum Gasteiger partial charge on any atom is -0.255 e. The summed E-state index contributed by atoms with van der Waals surface area (Å²) in [5, 5.41) is 0. The third kappa shape index (κ3) is 5.48. The van der Waals surface area contributed by atoms with Crippen molar-refractivity contribution in [2.45, 2.75) is 46.5 Å². The van der Waals surface area contributed by atoms with Gasteiger partial charge < -0.3 is 0 Å². The topological polar surface area (TPSA) is 24.7 Å². The summed E-state index contributed by atoms with van der Waals surface area (Å²) in [6.07, 6.45) is 6.44. The van der Waals surface area contributed by atoms with Crippen LogP contribution in [-0.4, -0.2) is 11.9 Å². The van der Waals surface area contributed by atoms with Gasteiger partial charge in [-0.1, -0.05) is 51.0 Å². The first kappa shape index (κ1) is 17.1. The Bertz CT molecular complexity index is 669. The van der Waals surface area contributed by atoms with Gasteiger partial charge in [0, 0.05) is 6.21 Å². The van der Waals surface area contributed by atoms with E-state index in [1.807, 2.05) is 43.5 Å². The molecule has 2 rings (SSSR count). The number of para-hydroxylation sites is 1. The van der Waals surface area contributed by atoms with Crippen molar-refractivity contribution >= 4 is 23.3 Å². The summed E-state index contributed by atoms with van der Waals surface area (Å²) in [6, 6.07) is 16.5. The van der Waals surface area contributed by atoms with Crippen LogP contribution in [0.4, 0.5) is 11.4 Å². The summed E-state index contributed by atoms with van der Waals surface area (Å²) >= 11 is 0. The molecule has 0 heterocycles. The molecule has 0 aromatic heterocycles. The molecule has 0 atom stereocenters. The quantitative estimate of drug-likeness (QED) is 0.553. The van der Waals surface area contributed by atoms with Gasteiger partial charge >= 0.3 is 0 Å². The Morgan fingerprint density at radius 2 is 1.57 bits per heavy atom. The van der Waals surface area contributed by atoms with Gasteiger partial charge in [0.15, 0.2) is 0 Å². The van der Waals surface area contributed by atoms with Gasteiger partial charge in [-0.2, -0.15) is 0 Å². The molecule has 0 bridgehead atoms. The van der Waals surface area contributed by atoms with Gasteiger partial charge in [0.05, 0.1) is 17.1 Å². The highest BCUT2D eigenvalue weighted by Crippen LogP contribution is 2.21. The van der Waals surface area contributed by atoms with E-state index in [-0.39, 0.29) is 0 Å². The largest absolute Gasteiger partial charge is 0.255 e. The van der Waals surface area contributed by atoms with E-state index in [1.54, 1.807) is 0 Å². The van der Waals surface area contributed by atoms with Crippen molar-refractivity contribution in [1.82, 2.24) is 0 Å². The minimum atomic E-state index is 0.916. The first-order valence-corrected chi connectivity index (χ1v) is 8.49. The molecule has 23 heavy (non-hydrogen) atoms. The molecule has 120 valence electrons. The Morgan fingerprint density at radius 1 is 0.870 bits per heavy atom. The second-order valence-electron chi connectivity index (χ2n) is 5.80. The highest BCUT2D eigenvalue weighted by molar-refractivity contribution is 6.30. The second kappa shape index (κ2) is 9.04. The van der Waals surface area contributed by atoms with Gasteiger partial charge in [0.25, 0.3) is 0 Å². The molecule has 2 aromatic carbocycles. The first-order valence-electron chi connectivity index (χ1n) is 8.49. The van der Waals surface area contributed by atoms with Crippen LogP contribution in [0.15, 0.2) is 58.5 Å². The fourth-order valence-electron chi connectivity index (χ4n) is 2.61. The number of hydrogen-bond acceptors (Lipinski definition) is 2. The fourth-order valence-corrected chi connectivity index (χ4v) is 2.61. The van der Waals surface area contributed by atoms with Crippen molar-refractivity contribution in [3.8, 4) is 0 Å². The zero-order valence-electron chi connectivity index (χ0n) is 14.4. The van der Waals surface area contributed by atoms with Crippen molar-refractivity contribution in [3.63, 3.8) is 0 Å². The average molecular weight is 306 g/mol. The van der Waals surface area contributed by atoms with E-state index in [2.05, 4.69) is 42.0 Å². The van der Waals surface area contributed by atoms with E-state index in [1.165, 1.54) is 24.0 Å². The predicted molar refractivity (Wildman–Crippen MR) is 102 cm³/mol. The van der Waals surface area contributed by atoms with Gasteiger partial charge in [-0.25, -0.2) is 0 Å². The maximum absolute atomic E-state index is 4.69. The molecular formula is C21H26N2. The Labute approximate surface area is 140 Å². The molecule has 2 nitrogen and oxygen atoms in total. The van der Waals surface area contributed by atoms with E-state index in [4.69, 9.17) is 0 Å². The molecule has 0 amide bonds. The van der Waals surface area contributed by atoms with Crippen LogP contribution in [0.1, 0.15) is 44.7 Å². The first-order chi connectivity index (χ1) is 11.2. The van der Waals surface area contributed by atoms with Crippen molar-refractivity contribution < 1.29 is 0 Å². The van der Waals surface area contributed by atoms with Gasteiger partial charge in [-0.05, 0) is 55.2 Å². The standard InChI is InChI=1S/C21H26N2/c1-4-9-18-13-14-21(15-19(18)10-5-2)23-17(3)16-22-20-11-7-6-8-12-20/h6-8,11-16H,4-5,9-10H2,1-3H3. The van der Waals surface area contributed by atoms with Crippen LogP contribution in [0, 0.1) is 0 Å². The zero-order chi connectivity index (χ0) is 16.5. The molecule has 0 aliphatic rings. The highest BCUT2D eigenvalue weighted by Gasteiger charge is 2.03. The van der Waals surface area contributed by atoms with Crippen molar-refractivity contribution in [3.05, 3.63) is 59.7 Å². The summed E-state index contributed by atoms with van der Waals surface area (Å²) in [6.45, 7) is 6.45. The number of aryl methyl sites for hydroxylation is 2. The van der Waals surface area contributed by atoms with Gasteiger partial charge in [-0.15, -0.1) is 0 Å². The molecular weight excluding hydrogens is 280 g/mol. The molecule has 0 unspecified atom stereocenters. The predicted octanol–water partition coefficient (Wildman–Crippen LogP) is 6.09. The lowest BCUT2D eigenvalue weighted by atomic mass is 9.99. The molecule has 0 N–H and O–H groups in total. The van der Waals surface area contributed by atoms with Gasteiger partial charge in [0.2, 0.25) is 0 Å². The molecule has 2 aromatic rings. The molecule has 2 heteroatoms. The molecule has 0 radical (unpaired) electrons. The molecule has 0 aliphatic carbocycles. The smallest absolute Gasteiger partial charge is 0.0636 e. The van der Waals surface area contributed by atoms with E-state index in [0.29, 0.717) is 0 Å². The lowest BCUT2D eigenvalue weighted by molar-refractivity contribution is 0.861. The van der Waals surface area contributed by atoms with Crippen LogP contribution in [0.2, 0.25) is 0 Å². The molecule has 0 fully saturated rings. The zero-order valence-corrected chi connectivity index (χ0v) is 14.4. The lowest BCUT2D eigenvalue weighted by Crippen LogP contribution is -1.95. The Kier molecular flexibility index (Phi) is 6.74. The third-order valence-corrected chi connectivity index (χ3v) is 3.69. The van der Waals surface area contributed by atoms with E-state index >= 15 is 0 Å². The number of nitrogens with zero attached hydrogens (tertiary/aromatic N) is 2. The maximum atomic E-state index is 4.69. The van der Waals surface area contributed by atoms with Crippen LogP contribution in [0.5, 0.6) is 0 Å². The highest BCUT2D eigenvalue weighted by atomic mass is 14.8. The van der Waals surface area contributed by atoms with E-state index < -0.39 is 0 Å². The van der Waals surface area contributed by atoms with Gasteiger partial charge in [0.1, 0.15) is 0 Å². The van der Waals surface area contributed by atoms with Crippen LogP contribution in [-0.2, 0) is 12.8 Å². The molecule has 0 aliphatic heterocycles. The van der Waals surface area contributed by atoms with Crippen LogP contribution >= 0.6 is 0 Å². The molecule has 0 saturated heterocycles. The van der Waals surface area contributed by atoms with E-state index in [9.17, 15) is 0 Å². The Balaban J connectivity index is 2.17. The summed E-state index contributed by atoms with van der Waals surface area (Å²) in [4.78, 5) is 9.14. The van der Waals surface area contributed by atoms with Crippen molar-refractivity contribution in [2.24, 2.45) is 9.98 Å². The van der Waals surface area contributed by atoms with Crippen molar-refractivity contribution in [1.29, 1.82) is 0 Å². The number of benzene rings is 2. The number of hydrogen-bond donors (Lipinski definition) is 0. The van der Waals surface area contributed by atoms with Crippen molar-refractivity contribution in [2.75, 3.05) is 0 Å². The third-order valence-electron chi connectivity index (χ3n) is 3.69. The summed E-state index contributed by atoms with van der Waals surface area (Å²) in [5.41, 5.74) is 5.78. The van der Waals surface area contributed by atoms with Crippen LogP contribution in [0.25, 0.3) is 0 Å². The lowest BCUT2D eigenvalue weighted by Gasteiger charge is -2.09. The van der Waals surface area contributed by atoms with E-state index in [0.717, 1.165) is 29.9 Å².